The van der Waals surface area contributed by atoms with Crippen molar-refractivity contribution >= 4 is 17.9 Å². The molecule has 2 unspecified atom stereocenters. The lowest BCUT2D eigenvalue weighted by atomic mass is 10.1. The van der Waals surface area contributed by atoms with Crippen LogP contribution < -0.4 is 5.11 Å². The Kier molecular flexibility index (Phi) is 37.3. The van der Waals surface area contributed by atoms with Gasteiger partial charge in [0.1, 0.15) is 12.6 Å². The molecule has 57 heavy (non-hydrogen) atoms. The zero-order valence-electron chi connectivity index (χ0n) is 37.0. The number of nitrogens with zero attached hydrogens (tertiary/aromatic N) is 1. The monoisotopic (exact) mass is 798 g/mol. The zero-order chi connectivity index (χ0) is 42.1. The van der Waals surface area contributed by atoms with Crippen molar-refractivity contribution in [1.29, 1.82) is 0 Å². The topological polar surface area (TPSA) is 102 Å². The molecule has 0 spiro atoms. The number of carbonyl (C=O) groups excluding carboxylic acids is 3. The molecule has 0 saturated carbocycles. The van der Waals surface area contributed by atoms with E-state index < -0.39 is 18.1 Å². The summed E-state index contributed by atoms with van der Waals surface area (Å²) in [5.41, 5.74) is 0. The second-order valence-corrected chi connectivity index (χ2v) is 15.9. The number of quaternary nitrogens is 1. The highest BCUT2D eigenvalue weighted by Crippen LogP contribution is 2.12. The van der Waals surface area contributed by atoms with Crippen LogP contribution in [0.25, 0.3) is 0 Å². The van der Waals surface area contributed by atoms with E-state index in [1.54, 1.807) is 21.1 Å². The first-order valence-electron chi connectivity index (χ1n) is 22.5. The van der Waals surface area contributed by atoms with E-state index in [0.29, 0.717) is 12.8 Å². The maximum absolute atomic E-state index is 12.7. The van der Waals surface area contributed by atoms with Gasteiger partial charge in [-0.25, -0.2) is 0 Å². The van der Waals surface area contributed by atoms with Crippen LogP contribution in [-0.2, 0) is 28.6 Å². The van der Waals surface area contributed by atoms with Gasteiger partial charge in [-0.3, -0.25) is 9.59 Å². The third-order valence-corrected chi connectivity index (χ3v) is 9.58. The Morgan fingerprint density at radius 3 is 1.49 bits per heavy atom. The van der Waals surface area contributed by atoms with Crippen molar-refractivity contribution < 1.29 is 38.2 Å². The molecule has 0 aliphatic carbocycles. The Bertz CT molecular complexity index is 1160. The molecular formula is C49H83NO7. The van der Waals surface area contributed by atoms with Gasteiger partial charge in [0, 0.05) is 19.3 Å². The molecule has 326 valence electrons. The van der Waals surface area contributed by atoms with Crippen LogP contribution in [0.2, 0.25) is 0 Å². The quantitative estimate of drug-likeness (QED) is 0.0264. The fourth-order valence-corrected chi connectivity index (χ4v) is 6.09. The highest BCUT2D eigenvalue weighted by atomic mass is 16.6. The normalized spacial score (nSPS) is 13.6. The largest absolute Gasteiger partial charge is 0.544 e. The lowest BCUT2D eigenvalue weighted by Crippen LogP contribution is -2.55. The highest BCUT2D eigenvalue weighted by molar-refractivity contribution is 5.70. The average Bonchev–Trinajstić information content (AvgIpc) is 3.17. The van der Waals surface area contributed by atoms with Gasteiger partial charge in [-0.1, -0.05) is 138 Å². The molecule has 0 heterocycles. The molecule has 2 atom stereocenters. The van der Waals surface area contributed by atoms with E-state index in [9.17, 15) is 19.5 Å². The number of likely N-dealkylation sites (N-methyl/N-ethyl adjacent to an activating group) is 1. The molecule has 0 N–H and O–H groups in total. The van der Waals surface area contributed by atoms with E-state index in [4.69, 9.17) is 14.2 Å². The number of ether oxygens (including phenoxy) is 3. The van der Waals surface area contributed by atoms with Crippen molar-refractivity contribution in [1.82, 2.24) is 0 Å². The number of unbranched alkanes of at least 4 members (excludes halogenated alkanes) is 13. The van der Waals surface area contributed by atoms with Crippen LogP contribution in [0, 0.1) is 0 Å². The minimum atomic E-state index is -1.13. The highest BCUT2D eigenvalue weighted by Gasteiger charge is 2.25. The Labute approximate surface area is 349 Å². The summed E-state index contributed by atoms with van der Waals surface area (Å²) in [6.07, 6.45) is 49.2. The van der Waals surface area contributed by atoms with E-state index in [1.807, 2.05) is 0 Å². The van der Waals surface area contributed by atoms with Crippen molar-refractivity contribution in [3.63, 3.8) is 0 Å². The van der Waals surface area contributed by atoms with Crippen LogP contribution >= 0.6 is 0 Å². The van der Waals surface area contributed by atoms with Gasteiger partial charge < -0.3 is 28.6 Å². The number of carboxylic acids is 1. The summed E-state index contributed by atoms with van der Waals surface area (Å²) in [6.45, 7) is 4.48. The molecule has 0 fully saturated rings. The van der Waals surface area contributed by atoms with Crippen LogP contribution in [0.15, 0.2) is 72.9 Å². The summed E-state index contributed by atoms with van der Waals surface area (Å²) in [4.78, 5) is 36.9. The summed E-state index contributed by atoms with van der Waals surface area (Å²) in [5, 5.41) is 11.6. The SMILES string of the molecule is CC/C=C\C/C=C\C/C=C\C/C=C\C/C=C\CCCCCC(=O)OC(COCCC(C(=O)[O-])[N+](C)(C)C)COC(=O)CCCCCCC/C=C\CCCCCCC. The molecule has 0 aliphatic rings. The summed E-state index contributed by atoms with van der Waals surface area (Å²) in [5.74, 6) is -1.80. The number of aliphatic carboxylic acids is 1. The second-order valence-electron chi connectivity index (χ2n) is 15.9. The maximum Gasteiger partial charge on any atom is 0.306 e. The first-order valence-corrected chi connectivity index (χ1v) is 22.5. The van der Waals surface area contributed by atoms with Crippen molar-refractivity contribution in [2.45, 2.75) is 180 Å². The molecule has 8 heteroatoms. The smallest absolute Gasteiger partial charge is 0.306 e. The minimum Gasteiger partial charge on any atom is -0.544 e. The lowest BCUT2D eigenvalue weighted by Gasteiger charge is -2.34. The van der Waals surface area contributed by atoms with Crippen LogP contribution in [0.1, 0.15) is 168 Å². The summed E-state index contributed by atoms with van der Waals surface area (Å²) >= 11 is 0. The Morgan fingerprint density at radius 1 is 0.544 bits per heavy atom. The predicted octanol–water partition coefficient (Wildman–Crippen LogP) is 11.0. The van der Waals surface area contributed by atoms with E-state index in [2.05, 4.69) is 86.8 Å². The van der Waals surface area contributed by atoms with E-state index >= 15 is 0 Å². The van der Waals surface area contributed by atoms with Crippen LogP contribution in [0.3, 0.4) is 0 Å². The van der Waals surface area contributed by atoms with E-state index in [0.717, 1.165) is 83.5 Å². The number of esters is 2. The lowest BCUT2D eigenvalue weighted by molar-refractivity contribution is -0.889. The third-order valence-electron chi connectivity index (χ3n) is 9.58. The fraction of sp³-hybridized carbons (Fsp3) is 0.694. The number of allylic oxidation sites excluding steroid dienone is 12. The minimum absolute atomic E-state index is 0.0211. The van der Waals surface area contributed by atoms with E-state index in [1.165, 1.54) is 44.9 Å². The molecule has 0 aromatic rings. The summed E-state index contributed by atoms with van der Waals surface area (Å²) in [7, 11) is 5.38. The van der Waals surface area contributed by atoms with Gasteiger partial charge >= 0.3 is 11.9 Å². The van der Waals surface area contributed by atoms with Crippen LogP contribution in [-0.4, -0.2) is 75.5 Å². The van der Waals surface area contributed by atoms with Crippen molar-refractivity contribution in [2.75, 3.05) is 41.0 Å². The Balaban J connectivity index is 4.43. The molecule has 0 aliphatic heterocycles. The summed E-state index contributed by atoms with van der Waals surface area (Å²) < 4.78 is 17.1. The van der Waals surface area contributed by atoms with Crippen molar-refractivity contribution in [3.8, 4) is 0 Å². The standard InChI is InChI=1S/C49H83NO7/c1-6-8-10-12-14-16-18-20-22-23-24-25-26-28-30-32-34-36-38-40-48(52)57-45(43-55-42-41-46(49(53)54)50(3,4)5)44-56-47(51)39-37-35-33-31-29-27-21-19-17-15-13-11-9-7-2/h8,10,14,16,19-22,24-25,28,30,45-46H,6-7,9,11-13,15,17-18,23,26-27,29,31-44H2,1-5H3/b10-8-,16-14-,21-19-,22-20-,25-24-,30-28-. The van der Waals surface area contributed by atoms with Gasteiger partial charge in [-0.15, -0.1) is 0 Å². The summed E-state index contributed by atoms with van der Waals surface area (Å²) in [6, 6.07) is -0.736. The molecule has 0 rings (SSSR count). The second kappa shape index (κ2) is 39.6. The van der Waals surface area contributed by atoms with Crippen molar-refractivity contribution in [2.24, 2.45) is 0 Å². The fourth-order valence-electron chi connectivity index (χ4n) is 6.09. The molecule has 0 saturated heterocycles. The zero-order valence-corrected chi connectivity index (χ0v) is 37.0. The van der Waals surface area contributed by atoms with Gasteiger partial charge in [-0.2, -0.15) is 0 Å². The molecular weight excluding hydrogens is 715 g/mol. The Morgan fingerprint density at radius 2 is 0.982 bits per heavy atom. The van der Waals surface area contributed by atoms with Gasteiger partial charge in [-0.05, 0) is 83.5 Å². The Hall–Kier alpha value is -3.23. The molecule has 8 nitrogen and oxygen atoms in total. The van der Waals surface area contributed by atoms with Gasteiger partial charge in [0.2, 0.25) is 0 Å². The van der Waals surface area contributed by atoms with Crippen LogP contribution in [0.4, 0.5) is 0 Å². The maximum atomic E-state index is 12.7. The van der Waals surface area contributed by atoms with Gasteiger partial charge in [0.25, 0.3) is 0 Å². The van der Waals surface area contributed by atoms with E-state index in [-0.39, 0.29) is 49.1 Å². The third kappa shape index (κ3) is 38.1. The molecule has 0 amide bonds. The molecule has 0 bridgehead atoms. The van der Waals surface area contributed by atoms with Gasteiger partial charge in [0.15, 0.2) is 6.10 Å². The van der Waals surface area contributed by atoms with Crippen LogP contribution in [0.5, 0.6) is 0 Å². The molecule has 0 aromatic heterocycles. The first-order chi connectivity index (χ1) is 27.6. The number of rotatable bonds is 39. The molecule has 0 radical (unpaired) electrons. The number of hydrogen-bond donors (Lipinski definition) is 0. The first kappa shape index (κ1) is 53.8. The number of carbonyl (C=O) groups is 3. The predicted molar refractivity (Wildman–Crippen MR) is 235 cm³/mol. The average molecular weight is 798 g/mol. The van der Waals surface area contributed by atoms with Crippen molar-refractivity contribution in [3.05, 3.63) is 72.9 Å². The molecule has 0 aromatic carbocycles. The number of hydrogen-bond acceptors (Lipinski definition) is 7. The number of carboxylic acid groups (broad SMARTS) is 1. The van der Waals surface area contributed by atoms with Gasteiger partial charge in [0.05, 0.1) is 40.3 Å².